The standard InChI is InChI=1S/C22H18FNO3/c1-26-20-4-2-3-5-21(20)27-19-13-11-18(12-14-19)24-22(25)15-8-16-6-9-17(23)10-7-16/h2-15H,1H3,(H,24,25)/b15-8+. The van der Waals surface area contributed by atoms with Crippen molar-refractivity contribution in [2.24, 2.45) is 0 Å². The molecule has 0 radical (unpaired) electrons. The molecule has 0 bridgehead atoms. The Balaban J connectivity index is 1.60. The van der Waals surface area contributed by atoms with Crippen LogP contribution in [0.15, 0.2) is 78.9 Å². The molecule has 0 saturated carbocycles. The first-order chi connectivity index (χ1) is 13.1. The summed E-state index contributed by atoms with van der Waals surface area (Å²) in [7, 11) is 1.58. The van der Waals surface area contributed by atoms with Gasteiger partial charge in [0, 0.05) is 11.8 Å². The Labute approximate surface area is 156 Å². The zero-order chi connectivity index (χ0) is 19.1. The van der Waals surface area contributed by atoms with E-state index in [-0.39, 0.29) is 11.7 Å². The third kappa shape index (κ3) is 5.19. The molecule has 3 rings (SSSR count). The Hall–Kier alpha value is -3.60. The third-order valence-corrected chi connectivity index (χ3v) is 3.72. The number of amides is 1. The van der Waals surface area contributed by atoms with Crippen molar-refractivity contribution in [2.45, 2.75) is 0 Å². The second-order valence-electron chi connectivity index (χ2n) is 5.65. The number of nitrogens with one attached hydrogen (secondary N) is 1. The molecule has 0 unspecified atom stereocenters. The van der Waals surface area contributed by atoms with Gasteiger partial charge in [0.2, 0.25) is 5.91 Å². The van der Waals surface area contributed by atoms with Crippen molar-refractivity contribution in [3.63, 3.8) is 0 Å². The molecule has 0 atom stereocenters. The maximum Gasteiger partial charge on any atom is 0.248 e. The van der Waals surface area contributed by atoms with Gasteiger partial charge in [-0.05, 0) is 60.2 Å². The van der Waals surface area contributed by atoms with Crippen LogP contribution in [-0.2, 0) is 4.79 Å². The van der Waals surface area contributed by atoms with Crippen LogP contribution in [-0.4, -0.2) is 13.0 Å². The number of halogens is 1. The minimum atomic E-state index is -0.313. The van der Waals surface area contributed by atoms with E-state index in [4.69, 9.17) is 9.47 Å². The molecular formula is C22H18FNO3. The lowest BCUT2D eigenvalue weighted by molar-refractivity contribution is -0.111. The van der Waals surface area contributed by atoms with E-state index in [1.165, 1.54) is 18.2 Å². The molecular weight excluding hydrogens is 345 g/mol. The minimum absolute atomic E-state index is 0.280. The van der Waals surface area contributed by atoms with E-state index in [0.29, 0.717) is 22.9 Å². The Morgan fingerprint density at radius 1 is 0.926 bits per heavy atom. The Morgan fingerprint density at radius 2 is 1.59 bits per heavy atom. The molecule has 0 aliphatic rings. The van der Waals surface area contributed by atoms with Gasteiger partial charge >= 0.3 is 0 Å². The molecule has 0 aliphatic heterocycles. The molecule has 136 valence electrons. The van der Waals surface area contributed by atoms with Crippen molar-refractivity contribution < 1.29 is 18.7 Å². The zero-order valence-corrected chi connectivity index (χ0v) is 14.7. The Morgan fingerprint density at radius 3 is 2.26 bits per heavy atom. The fraction of sp³-hybridized carbons (Fsp3) is 0.0455. The lowest BCUT2D eigenvalue weighted by Gasteiger charge is -2.10. The van der Waals surface area contributed by atoms with Crippen LogP contribution in [0.4, 0.5) is 10.1 Å². The van der Waals surface area contributed by atoms with Crippen molar-refractivity contribution in [2.75, 3.05) is 12.4 Å². The van der Waals surface area contributed by atoms with Crippen molar-refractivity contribution in [1.29, 1.82) is 0 Å². The van der Waals surface area contributed by atoms with Crippen molar-refractivity contribution in [3.8, 4) is 17.2 Å². The molecule has 0 heterocycles. The van der Waals surface area contributed by atoms with Gasteiger partial charge in [-0.1, -0.05) is 24.3 Å². The molecule has 0 spiro atoms. The van der Waals surface area contributed by atoms with Gasteiger partial charge in [0.15, 0.2) is 11.5 Å². The van der Waals surface area contributed by atoms with Gasteiger partial charge in [-0.25, -0.2) is 4.39 Å². The molecule has 0 aromatic heterocycles. The fourth-order valence-corrected chi connectivity index (χ4v) is 2.37. The third-order valence-electron chi connectivity index (χ3n) is 3.72. The number of anilines is 1. The van der Waals surface area contributed by atoms with E-state index in [9.17, 15) is 9.18 Å². The first-order valence-corrected chi connectivity index (χ1v) is 8.29. The SMILES string of the molecule is COc1ccccc1Oc1ccc(NC(=O)/C=C/c2ccc(F)cc2)cc1. The van der Waals surface area contributed by atoms with E-state index in [1.54, 1.807) is 49.6 Å². The summed E-state index contributed by atoms with van der Waals surface area (Å²) in [5.74, 6) is 1.28. The molecule has 0 saturated heterocycles. The minimum Gasteiger partial charge on any atom is -0.493 e. The molecule has 0 aliphatic carbocycles. The molecule has 1 N–H and O–H groups in total. The lowest BCUT2D eigenvalue weighted by atomic mass is 10.2. The second-order valence-corrected chi connectivity index (χ2v) is 5.65. The summed E-state index contributed by atoms with van der Waals surface area (Å²) in [6.07, 6.45) is 3.01. The van der Waals surface area contributed by atoms with Crippen molar-refractivity contribution in [3.05, 3.63) is 90.3 Å². The molecule has 1 amide bonds. The summed E-state index contributed by atoms with van der Waals surface area (Å²) in [4.78, 5) is 12.0. The highest BCUT2D eigenvalue weighted by atomic mass is 19.1. The number of carbonyl (C=O) groups excluding carboxylic acids is 1. The first-order valence-electron chi connectivity index (χ1n) is 8.29. The summed E-state index contributed by atoms with van der Waals surface area (Å²) < 4.78 is 23.9. The second kappa shape index (κ2) is 8.67. The van der Waals surface area contributed by atoms with Crippen LogP contribution in [0.5, 0.6) is 17.2 Å². The highest BCUT2D eigenvalue weighted by Gasteiger charge is 2.05. The Bertz CT molecular complexity index is 935. The summed E-state index contributed by atoms with van der Waals surface area (Å²) >= 11 is 0. The van der Waals surface area contributed by atoms with E-state index in [1.807, 2.05) is 24.3 Å². The topological polar surface area (TPSA) is 47.6 Å². The number of ether oxygens (including phenoxy) is 2. The van der Waals surface area contributed by atoms with E-state index in [2.05, 4.69) is 5.32 Å². The number of methoxy groups -OCH3 is 1. The maximum absolute atomic E-state index is 12.9. The van der Waals surface area contributed by atoms with Gasteiger partial charge < -0.3 is 14.8 Å². The quantitative estimate of drug-likeness (QED) is 0.606. The van der Waals surface area contributed by atoms with Gasteiger partial charge in [-0.15, -0.1) is 0 Å². The Kier molecular flexibility index (Phi) is 5.84. The van der Waals surface area contributed by atoms with Gasteiger partial charge in [-0.3, -0.25) is 4.79 Å². The van der Waals surface area contributed by atoms with Gasteiger partial charge in [0.25, 0.3) is 0 Å². The monoisotopic (exact) mass is 363 g/mol. The largest absolute Gasteiger partial charge is 0.493 e. The summed E-state index contributed by atoms with van der Waals surface area (Å²) in [5, 5.41) is 2.76. The number of hydrogen-bond donors (Lipinski definition) is 1. The van der Waals surface area contributed by atoms with Gasteiger partial charge in [0.1, 0.15) is 11.6 Å². The van der Waals surface area contributed by atoms with E-state index >= 15 is 0 Å². The number of carbonyl (C=O) groups is 1. The van der Waals surface area contributed by atoms with Gasteiger partial charge in [-0.2, -0.15) is 0 Å². The molecule has 5 heteroatoms. The average Bonchev–Trinajstić information content (AvgIpc) is 2.69. The molecule has 27 heavy (non-hydrogen) atoms. The predicted molar refractivity (Wildman–Crippen MR) is 104 cm³/mol. The fourth-order valence-electron chi connectivity index (χ4n) is 2.37. The van der Waals surface area contributed by atoms with E-state index < -0.39 is 0 Å². The normalized spacial score (nSPS) is 10.6. The van der Waals surface area contributed by atoms with Crippen LogP contribution in [0.25, 0.3) is 6.08 Å². The molecule has 4 nitrogen and oxygen atoms in total. The van der Waals surface area contributed by atoms with Crippen LogP contribution >= 0.6 is 0 Å². The average molecular weight is 363 g/mol. The summed E-state index contributed by atoms with van der Waals surface area (Å²) in [6.45, 7) is 0. The van der Waals surface area contributed by atoms with Crippen LogP contribution < -0.4 is 14.8 Å². The summed E-state index contributed by atoms with van der Waals surface area (Å²) in [6, 6.07) is 20.2. The predicted octanol–water partition coefficient (Wildman–Crippen LogP) is 5.28. The van der Waals surface area contributed by atoms with Crippen molar-refractivity contribution in [1.82, 2.24) is 0 Å². The van der Waals surface area contributed by atoms with Crippen molar-refractivity contribution >= 4 is 17.7 Å². The molecule has 3 aromatic carbocycles. The number of benzene rings is 3. The van der Waals surface area contributed by atoms with E-state index in [0.717, 1.165) is 5.56 Å². The molecule has 0 fully saturated rings. The highest BCUT2D eigenvalue weighted by Crippen LogP contribution is 2.31. The van der Waals surface area contributed by atoms with Crippen LogP contribution in [0.1, 0.15) is 5.56 Å². The number of rotatable bonds is 6. The highest BCUT2D eigenvalue weighted by molar-refractivity contribution is 6.01. The van der Waals surface area contributed by atoms with Crippen LogP contribution in [0.2, 0.25) is 0 Å². The number of hydrogen-bond acceptors (Lipinski definition) is 3. The maximum atomic E-state index is 12.9. The lowest BCUT2D eigenvalue weighted by Crippen LogP contribution is -2.07. The zero-order valence-electron chi connectivity index (χ0n) is 14.7. The summed E-state index contributed by atoms with van der Waals surface area (Å²) in [5.41, 5.74) is 1.38. The first kappa shape index (κ1) is 18.2. The number of para-hydroxylation sites is 2. The van der Waals surface area contributed by atoms with Crippen LogP contribution in [0.3, 0.4) is 0 Å². The van der Waals surface area contributed by atoms with Crippen LogP contribution in [0, 0.1) is 5.82 Å². The van der Waals surface area contributed by atoms with Gasteiger partial charge in [0.05, 0.1) is 7.11 Å². The smallest absolute Gasteiger partial charge is 0.248 e. The molecule has 3 aromatic rings.